The van der Waals surface area contributed by atoms with Crippen molar-refractivity contribution in [1.82, 2.24) is 10.3 Å². The zero-order chi connectivity index (χ0) is 19.5. The van der Waals surface area contributed by atoms with Crippen molar-refractivity contribution < 1.29 is 4.79 Å². The topological polar surface area (TPSA) is 66.0 Å². The Morgan fingerprint density at radius 2 is 2.00 bits per heavy atom. The second kappa shape index (κ2) is 6.19. The van der Waals surface area contributed by atoms with Gasteiger partial charge in [-0.05, 0) is 43.2 Å². The number of carbonyl (C=O) groups excluding carboxylic acids is 1. The fourth-order valence-corrected chi connectivity index (χ4v) is 5.53. The molecule has 0 saturated heterocycles. The Labute approximate surface area is 172 Å². The number of para-hydroxylation sites is 1. The SMILES string of the molecule is CC1CNc2c(sc3ccc4nc(-c5cccc6c5NCC6)ccc4c23)C(=O)N1. The lowest BCUT2D eigenvalue weighted by Gasteiger charge is -2.11. The second-order valence-corrected chi connectivity index (χ2v) is 8.83. The molecule has 144 valence electrons. The third-order valence-electron chi connectivity index (χ3n) is 5.81. The van der Waals surface area contributed by atoms with Crippen LogP contribution in [0.3, 0.4) is 0 Å². The predicted octanol–water partition coefficient (Wildman–Crippen LogP) is 4.63. The van der Waals surface area contributed by atoms with Gasteiger partial charge in [0.1, 0.15) is 4.88 Å². The quantitative estimate of drug-likeness (QED) is 0.436. The zero-order valence-electron chi connectivity index (χ0n) is 16.0. The molecule has 2 aliphatic heterocycles. The lowest BCUT2D eigenvalue weighted by Crippen LogP contribution is -2.34. The van der Waals surface area contributed by atoms with Gasteiger partial charge in [-0.15, -0.1) is 11.3 Å². The highest BCUT2D eigenvalue weighted by Gasteiger charge is 2.25. The van der Waals surface area contributed by atoms with Crippen LogP contribution in [-0.4, -0.2) is 30.0 Å². The maximum atomic E-state index is 12.6. The molecule has 5 nitrogen and oxygen atoms in total. The van der Waals surface area contributed by atoms with Crippen LogP contribution in [-0.2, 0) is 6.42 Å². The Hall–Kier alpha value is -3.12. The first-order valence-electron chi connectivity index (χ1n) is 9.96. The molecule has 0 radical (unpaired) electrons. The average molecular weight is 401 g/mol. The van der Waals surface area contributed by atoms with Crippen molar-refractivity contribution in [2.24, 2.45) is 0 Å². The molecular weight excluding hydrogens is 380 g/mol. The Morgan fingerprint density at radius 3 is 2.93 bits per heavy atom. The molecule has 1 unspecified atom stereocenters. The van der Waals surface area contributed by atoms with Gasteiger partial charge in [0.15, 0.2) is 0 Å². The molecule has 2 aromatic carbocycles. The van der Waals surface area contributed by atoms with E-state index in [4.69, 9.17) is 4.98 Å². The number of aromatic nitrogens is 1. The van der Waals surface area contributed by atoms with E-state index in [0.29, 0.717) is 6.54 Å². The normalized spacial score (nSPS) is 18.0. The van der Waals surface area contributed by atoms with E-state index in [1.807, 2.05) is 6.92 Å². The summed E-state index contributed by atoms with van der Waals surface area (Å²) in [5, 5.41) is 12.2. The van der Waals surface area contributed by atoms with Crippen LogP contribution in [0.5, 0.6) is 0 Å². The van der Waals surface area contributed by atoms with Crippen molar-refractivity contribution in [3.8, 4) is 11.3 Å². The lowest BCUT2D eigenvalue weighted by atomic mass is 10.0. The average Bonchev–Trinajstić information content (AvgIpc) is 3.33. The van der Waals surface area contributed by atoms with Crippen molar-refractivity contribution in [3.05, 3.63) is 52.9 Å². The fourth-order valence-electron chi connectivity index (χ4n) is 4.43. The minimum atomic E-state index is 0.00218. The number of anilines is 2. The molecular formula is C23H20N4OS. The van der Waals surface area contributed by atoms with Crippen molar-refractivity contribution >= 4 is 49.6 Å². The largest absolute Gasteiger partial charge is 0.384 e. The Kier molecular flexibility index (Phi) is 3.59. The number of fused-ring (bicyclic) bond motifs is 6. The fraction of sp³-hybridized carbons (Fsp3) is 0.217. The van der Waals surface area contributed by atoms with E-state index < -0.39 is 0 Å². The van der Waals surface area contributed by atoms with E-state index in [-0.39, 0.29) is 11.9 Å². The van der Waals surface area contributed by atoms with Gasteiger partial charge in [0.2, 0.25) is 0 Å². The predicted molar refractivity (Wildman–Crippen MR) is 120 cm³/mol. The summed E-state index contributed by atoms with van der Waals surface area (Å²) in [5.41, 5.74) is 6.57. The van der Waals surface area contributed by atoms with Crippen LogP contribution < -0.4 is 16.0 Å². The molecule has 6 rings (SSSR count). The third-order valence-corrected chi connectivity index (χ3v) is 6.97. The lowest BCUT2D eigenvalue weighted by molar-refractivity contribution is 0.0949. The maximum absolute atomic E-state index is 12.6. The first-order valence-corrected chi connectivity index (χ1v) is 10.8. The highest BCUT2D eigenvalue weighted by atomic mass is 32.1. The summed E-state index contributed by atoms with van der Waals surface area (Å²) in [6.07, 6.45) is 1.06. The molecule has 0 saturated carbocycles. The number of nitrogens with zero attached hydrogens (tertiary/aromatic N) is 1. The van der Waals surface area contributed by atoms with Gasteiger partial charge in [-0.2, -0.15) is 0 Å². The standard InChI is InChI=1S/C23H20N4OS/c1-12-11-25-21-19-14-5-6-17(15-4-2-3-13-9-10-24-20(13)15)27-16(14)7-8-18(19)29-22(21)23(28)26-12/h2-8,12,24-25H,9-11H2,1H3,(H,26,28). The van der Waals surface area contributed by atoms with E-state index in [2.05, 4.69) is 58.4 Å². The summed E-state index contributed by atoms with van der Waals surface area (Å²) in [7, 11) is 0. The van der Waals surface area contributed by atoms with E-state index in [9.17, 15) is 4.79 Å². The van der Waals surface area contributed by atoms with Crippen LogP contribution in [0.25, 0.3) is 32.2 Å². The molecule has 2 aromatic heterocycles. The van der Waals surface area contributed by atoms with Gasteiger partial charge in [0.05, 0.1) is 16.9 Å². The maximum Gasteiger partial charge on any atom is 0.263 e. The minimum absolute atomic E-state index is 0.00218. The van der Waals surface area contributed by atoms with Crippen LogP contribution in [0.4, 0.5) is 11.4 Å². The highest BCUT2D eigenvalue weighted by molar-refractivity contribution is 7.21. The number of nitrogens with one attached hydrogen (secondary N) is 3. The molecule has 29 heavy (non-hydrogen) atoms. The number of hydrogen-bond donors (Lipinski definition) is 3. The van der Waals surface area contributed by atoms with Gasteiger partial charge in [0, 0.05) is 45.9 Å². The molecule has 0 aliphatic carbocycles. The van der Waals surface area contributed by atoms with Crippen molar-refractivity contribution in [1.29, 1.82) is 0 Å². The first kappa shape index (κ1) is 16.8. The van der Waals surface area contributed by atoms with Crippen LogP contribution in [0.1, 0.15) is 22.2 Å². The van der Waals surface area contributed by atoms with Crippen molar-refractivity contribution in [2.45, 2.75) is 19.4 Å². The second-order valence-electron chi connectivity index (χ2n) is 7.78. The molecule has 0 fully saturated rings. The van der Waals surface area contributed by atoms with E-state index in [0.717, 1.165) is 55.8 Å². The van der Waals surface area contributed by atoms with Crippen LogP contribution in [0.15, 0.2) is 42.5 Å². The van der Waals surface area contributed by atoms with Gasteiger partial charge in [-0.25, -0.2) is 4.98 Å². The monoisotopic (exact) mass is 400 g/mol. The molecule has 0 spiro atoms. The van der Waals surface area contributed by atoms with Gasteiger partial charge in [0.25, 0.3) is 5.91 Å². The summed E-state index contributed by atoms with van der Waals surface area (Å²) in [6, 6.07) is 14.9. The number of amides is 1. The van der Waals surface area contributed by atoms with Crippen LogP contribution in [0, 0.1) is 0 Å². The number of rotatable bonds is 1. The summed E-state index contributed by atoms with van der Waals surface area (Å²) >= 11 is 1.54. The third kappa shape index (κ3) is 2.52. The van der Waals surface area contributed by atoms with Gasteiger partial charge in [-0.1, -0.05) is 18.2 Å². The first-order chi connectivity index (χ1) is 14.2. The molecule has 3 N–H and O–H groups in total. The molecule has 1 amide bonds. The van der Waals surface area contributed by atoms with Crippen LogP contribution >= 0.6 is 11.3 Å². The summed E-state index contributed by atoms with van der Waals surface area (Å²) in [6.45, 7) is 3.71. The smallest absolute Gasteiger partial charge is 0.263 e. The van der Waals surface area contributed by atoms with Crippen molar-refractivity contribution in [3.63, 3.8) is 0 Å². The van der Waals surface area contributed by atoms with Gasteiger partial charge >= 0.3 is 0 Å². The van der Waals surface area contributed by atoms with Crippen LogP contribution in [0.2, 0.25) is 0 Å². The molecule has 0 bridgehead atoms. The minimum Gasteiger partial charge on any atom is -0.384 e. The van der Waals surface area contributed by atoms with Gasteiger partial charge < -0.3 is 16.0 Å². The number of benzene rings is 2. The van der Waals surface area contributed by atoms with E-state index in [1.54, 1.807) is 11.3 Å². The number of thiophene rings is 1. The number of pyridine rings is 1. The number of hydrogen-bond acceptors (Lipinski definition) is 5. The van der Waals surface area contributed by atoms with Crippen molar-refractivity contribution in [2.75, 3.05) is 23.7 Å². The number of carbonyl (C=O) groups is 1. The summed E-state index contributed by atoms with van der Waals surface area (Å²) < 4.78 is 1.11. The molecule has 4 heterocycles. The Bertz CT molecular complexity index is 1310. The molecule has 6 heteroatoms. The molecule has 1 atom stereocenters. The molecule has 4 aromatic rings. The zero-order valence-corrected chi connectivity index (χ0v) is 16.8. The van der Waals surface area contributed by atoms with E-state index in [1.165, 1.54) is 11.3 Å². The Balaban J connectivity index is 1.56. The highest BCUT2D eigenvalue weighted by Crippen LogP contribution is 2.42. The van der Waals surface area contributed by atoms with E-state index >= 15 is 0 Å². The van der Waals surface area contributed by atoms with Gasteiger partial charge in [-0.3, -0.25) is 4.79 Å². The Morgan fingerprint density at radius 1 is 1.07 bits per heavy atom. The summed E-state index contributed by atoms with van der Waals surface area (Å²) in [4.78, 5) is 18.4. The summed E-state index contributed by atoms with van der Waals surface area (Å²) in [5.74, 6) is 0.00218. The molecule has 2 aliphatic rings.